The third-order valence-electron chi connectivity index (χ3n) is 3.60. The second kappa shape index (κ2) is 7.01. The number of rotatable bonds is 3. The fourth-order valence-electron chi connectivity index (χ4n) is 2.54. The molecular formula is C17H26N2O3. The van der Waals surface area contributed by atoms with E-state index >= 15 is 0 Å². The molecule has 22 heavy (non-hydrogen) atoms. The first-order valence-electron chi connectivity index (χ1n) is 7.83. The Morgan fingerprint density at radius 3 is 2.59 bits per heavy atom. The summed E-state index contributed by atoms with van der Waals surface area (Å²) >= 11 is 0. The van der Waals surface area contributed by atoms with Gasteiger partial charge in [0.05, 0.1) is 6.61 Å². The molecule has 1 amide bonds. The smallest absolute Gasteiger partial charge is 0.410 e. The third kappa shape index (κ3) is 4.63. The highest BCUT2D eigenvalue weighted by Crippen LogP contribution is 2.21. The quantitative estimate of drug-likeness (QED) is 0.900. The third-order valence-corrected chi connectivity index (χ3v) is 3.60. The number of ether oxygens (including phenoxy) is 1. The van der Waals surface area contributed by atoms with E-state index in [4.69, 9.17) is 9.84 Å². The van der Waals surface area contributed by atoms with Crippen molar-refractivity contribution >= 4 is 11.8 Å². The van der Waals surface area contributed by atoms with Crippen molar-refractivity contribution in [1.29, 1.82) is 0 Å². The maximum atomic E-state index is 12.2. The van der Waals surface area contributed by atoms with E-state index in [-0.39, 0.29) is 12.7 Å². The molecule has 1 aliphatic heterocycles. The summed E-state index contributed by atoms with van der Waals surface area (Å²) < 4.78 is 5.46. The van der Waals surface area contributed by atoms with E-state index in [2.05, 4.69) is 17.4 Å². The van der Waals surface area contributed by atoms with Crippen LogP contribution in [0.2, 0.25) is 0 Å². The van der Waals surface area contributed by atoms with Gasteiger partial charge in [0, 0.05) is 25.3 Å². The summed E-state index contributed by atoms with van der Waals surface area (Å²) in [5, 5.41) is 12.1. The first-order valence-corrected chi connectivity index (χ1v) is 7.83. The number of hydrogen-bond acceptors (Lipinski definition) is 4. The second-order valence-corrected chi connectivity index (χ2v) is 6.60. The van der Waals surface area contributed by atoms with Crippen molar-refractivity contribution in [2.45, 2.75) is 39.2 Å². The molecule has 0 bridgehead atoms. The van der Waals surface area contributed by atoms with E-state index in [0.29, 0.717) is 19.6 Å². The molecule has 0 aromatic heterocycles. The Labute approximate surface area is 132 Å². The van der Waals surface area contributed by atoms with E-state index < -0.39 is 5.60 Å². The van der Waals surface area contributed by atoms with Gasteiger partial charge in [-0.2, -0.15) is 0 Å². The van der Waals surface area contributed by atoms with Crippen molar-refractivity contribution in [3.8, 4) is 0 Å². The molecule has 5 nitrogen and oxygen atoms in total. The number of hydrogen-bond donors (Lipinski definition) is 2. The van der Waals surface area contributed by atoms with E-state index in [1.54, 1.807) is 4.90 Å². The largest absolute Gasteiger partial charge is 0.444 e. The highest BCUT2D eigenvalue weighted by molar-refractivity contribution is 5.68. The summed E-state index contributed by atoms with van der Waals surface area (Å²) in [5.74, 6) is 0. The number of aliphatic hydroxyl groups is 1. The minimum Gasteiger partial charge on any atom is -0.444 e. The van der Waals surface area contributed by atoms with E-state index in [1.807, 2.05) is 26.8 Å². The Hall–Kier alpha value is -1.75. The molecule has 2 rings (SSSR count). The van der Waals surface area contributed by atoms with Crippen molar-refractivity contribution in [2.75, 3.05) is 31.6 Å². The first-order chi connectivity index (χ1) is 10.4. The fourth-order valence-corrected chi connectivity index (χ4v) is 2.54. The molecule has 0 radical (unpaired) electrons. The van der Waals surface area contributed by atoms with Gasteiger partial charge in [0.2, 0.25) is 0 Å². The van der Waals surface area contributed by atoms with Crippen LogP contribution in [0.1, 0.15) is 31.9 Å². The number of carbonyl (C=O) groups excluding carboxylic acids is 1. The van der Waals surface area contributed by atoms with Gasteiger partial charge < -0.3 is 20.1 Å². The molecule has 0 saturated carbocycles. The summed E-state index contributed by atoms with van der Waals surface area (Å²) in [4.78, 5) is 14.0. The summed E-state index contributed by atoms with van der Waals surface area (Å²) in [6.45, 7) is 7.67. The van der Waals surface area contributed by atoms with Crippen molar-refractivity contribution in [1.82, 2.24) is 4.90 Å². The van der Waals surface area contributed by atoms with E-state index in [0.717, 1.165) is 18.5 Å². The molecule has 1 aromatic carbocycles. The molecular weight excluding hydrogens is 280 g/mol. The van der Waals surface area contributed by atoms with Crippen molar-refractivity contribution in [2.24, 2.45) is 0 Å². The summed E-state index contributed by atoms with van der Waals surface area (Å²) in [6.07, 6.45) is 1.43. The highest BCUT2D eigenvalue weighted by atomic mass is 16.6. The molecule has 1 heterocycles. The summed E-state index contributed by atoms with van der Waals surface area (Å²) in [6, 6.07) is 6.24. The summed E-state index contributed by atoms with van der Waals surface area (Å²) in [5.41, 5.74) is 3.09. The lowest BCUT2D eigenvalue weighted by molar-refractivity contribution is 0.0258. The molecule has 0 saturated heterocycles. The van der Waals surface area contributed by atoms with Crippen LogP contribution >= 0.6 is 0 Å². The lowest BCUT2D eigenvalue weighted by Crippen LogP contribution is -2.38. The highest BCUT2D eigenvalue weighted by Gasteiger charge is 2.24. The summed E-state index contributed by atoms with van der Waals surface area (Å²) in [7, 11) is 0. The van der Waals surface area contributed by atoms with Crippen LogP contribution in [-0.4, -0.2) is 47.9 Å². The van der Waals surface area contributed by atoms with Gasteiger partial charge in [-0.15, -0.1) is 0 Å². The van der Waals surface area contributed by atoms with Gasteiger partial charge in [0.25, 0.3) is 0 Å². The maximum absolute atomic E-state index is 12.2. The zero-order valence-corrected chi connectivity index (χ0v) is 13.7. The Kier molecular flexibility index (Phi) is 5.29. The van der Waals surface area contributed by atoms with Crippen LogP contribution in [0, 0.1) is 0 Å². The average molecular weight is 306 g/mol. The Morgan fingerprint density at radius 2 is 1.95 bits per heavy atom. The van der Waals surface area contributed by atoms with E-state index in [1.165, 1.54) is 11.1 Å². The number of carbonyl (C=O) groups is 1. The van der Waals surface area contributed by atoms with Crippen LogP contribution in [-0.2, 0) is 17.6 Å². The van der Waals surface area contributed by atoms with Crippen molar-refractivity contribution in [3.63, 3.8) is 0 Å². The minimum absolute atomic E-state index is 0.115. The standard InChI is InChI=1S/C17H26N2O3/c1-17(2,3)22-16(21)19-9-6-13-4-5-15(18-8-11-20)12-14(13)7-10-19/h4-5,12,18,20H,6-11H2,1-3H3. The minimum atomic E-state index is -0.461. The molecule has 1 aromatic rings. The zero-order valence-electron chi connectivity index (χ0n) is 13.7. The maximum Gasteiger partial charge on any atom is 0.410 e. The topological polar surface area (TPSA) is 61.8 Å². The molecule has 0 unspecified atom stereocenters. The van der Waals surface area contributed by atoms with Crippen LogP contribution in [0.3, 0.4) is 0 Å². The van der Waals surface area contributed by atoms with Crippen molar-refractivity contribution in [3.05, 3.63) is 29.3 Å². The molecule has 0 fully saturated rings. The predicted molar refractivity (Wildman–Crippen MR) is 87.2 cm³/mol. The molecule has 1 aliphatic rings. The Balaban J connectivity index is 2.02. The number of benzene rings is 1. The van der Waals surface area contributed by atoms with Crippen LogP contribution < -0.4 is 5.32 Å². The normalized spacial score (nSPS) is 15.0. The number of aliphatic hydroxyl groups excluding tert-OH is 1. The van der Waals surface area contributed by atoms with E-state index in [9.17, 15) is 4.79 Å². The van der Waals surface area contributed by atoms with Gasteiger partial charge in [-0.1, -0.05) is 6.07 Å². The van der Waals surface area contributed by atoms with Crippen LogP contribution in [0.25, 0.3) is 0 Å². The van der Waals surface area contributed by atoms with Gasteiger partial charge in [-0.3, -0.25) is 0 Å². The Morgan fingerprint density at radius 1 is 1.27 bits per heavy atom. The predicted octanol–water partition coefficient (Wildman–Crippen LogP) is 2.43. The molecule has 2 N–H and O–H groups in total. The van der Waals surface area contributed by atoms with Gasteiger partial charge in [-0.05, 0) is 56.9 Å². The van der Waals surface area contributed by atoms with Crippen LogP contribution in [0.15, 0.2) is 18.2 Å². The monoisotopic (exact) mass is 306 g/mol. The second-order valence-electron chi connectivity index (χ2n) is 6.60. The molecule has 5 heteroatoms. The average Bonchev–Trinajstić information content (AvgIpc) is 2.65. The number of anilines is 1. The molecule has 122 valence electrons. The van der Waals surface area contributed by atoms with Gasteiger partial charge in [0.1, 0.15) is 5.60 Å². The molecule has 0 atom stereocenters. The van der Waals surface area contributed by atoms with Crippen molar-refractivity contribution < 1.29 is 14.6 Å². The van der Waals surface area contributed by atoms with Crippen LogP contribution in [0.4, 0.5) is 10.5 Å². The number of nitrogens with one attached hydrogen (secondary N) is 1. The molecule has 0 spiro atoms. The van der Waals surface area contributed by atoms with Gasteiger partial charge in [-0.25, -0.2) is 4.79 Å². The lowest BCUT2D eigenvalue weighted by atomic mass is 10.0. The zero-order chi connectivity index (χ0) is 16.2. The first kappa shape index (κ1) is 16.6. The number of fused-ring (bicyclic) bond motifs is 1. The number of amides is 1. The SMILES string of the molecule is CC(C)(C)OC(=O)N1CCc2ccc(NCCO)cc2CC1. The van der Waals surface area contributed by atoms with Crippen LogP contribution in [0.5, 0.6) is 0 Å². The lowest BCUT2D eigenvalue weighted by Gasteiger charge is -2.26. The fraction of sp³-hybridized carbons (Fsp3) is 0.588. The van der Waals surface area contributed by atoms with Gasteiger partial charge in [0.15, 0.2) is 0 Å². The van der Waals surface area contributed by atoms with Gasteiger partial charge >= 0.3 is 6.09 Å². The molecule has 0 aliphatic carbocycles. The number of nitrogens with zero attached hydrogens (tertiary/aromatic N) is 1. The Bertz CT molecular complexity index is 523.